The Bertz CT molecular complexity index is 2070. The van der Waals surface area contributed by atoms with E-state index in [1.54, 1.807) is 40.3 Å². The van der Waals surface area contributed by atoms with E-state index in [-0.39, 0.29) is 41.9 Å². The van der Waals surface area contributed by atoms with Gasteiger partial charge in [0.1, 0.15) is 34.2 Å². The first kappa shape index (κ1) is 36.6. The molecule has 260 valence electrons. The molecular formula is C37H47N7O5. The molecule has 12 heteroatoms. The Morgan fingerprint density at radius 3 is 1.59 bits per heavy atom. The molecule has 49 heavy (non-hydrogen) atoms. The van der Waals surface area contributed by atoms with Gasteiger partial charge in [-0.2, -0.15) is 0 Å². The first-order valence-corrected chi connectivity index (χ1v) is 16.0. The third-order valence-electron chi connectivity index (χ3n) is 8.75. The summed E-state index contributed by atoms with van der Waals surface area (Å²) >= 11 is 0. The van der Waals surface area contributed by atoms with Crippen molar-refractivity contribution in [1.82, 2.24) is 33.8 Å². The second-order valence-corrected chi connectivity index (χ2v) is 13.0. The fraction of sp³-hybridized carbons (Fsp3) is 0.378. The zero-order valence-corrected chi connectivity index (χ0v) is 30.3. The van der Waals surface area contributed by atoms with Crippen LogP contribution in [0.2, 0.25) is 0 Å². The maximum absolute atomic E-state index is 12.7. The van der Waals surface area contributed by atoms with E-state index in [4.69, 9.17) is 0 Å². The number of aromatic nitrogens is 4. The van der Waals surface area contributed by atoms with Crippen LogP contribution in [0.25, 0.3) is 22.1 Å². The van der Waals surface area contributed by atoms with E-state index in [2.05, 4.69) is 9.97 Å². The third-order valence-corrected chi connectivity index (χ3v) is 8.75. The highest BCUT2D eigenvalue weighted by Crippen LogP contribution is 2.34. The lowest BCUT2D eigenvalue weighted by Gasteiger charge is -2.18. The Morgan fingerprint density at radius 1 is 0.694 bits per heavy atom. The van der Waals surface area contributed by atoms with Crippen LogP contribution < -0.4 is 0 Å². The predicted molar refractivity (Wildman–Crippen MR) is 191 cm³/mol. The van der Waals surface area contributed by atoms with Gasteiger partial charge in [0.25, 0.3) is 11.8 Å². The number of benzene rings is 3. The molecule has 0 aliphatic rings. The number of hydrogen-bond donors (Lipinski definition) is 2. The van der Waals surface area contributed by atoms with E-state index in [1.165, 1.54) is 9.80 Å². The number of imidazole rings is 2. The first-order valence-electron chi connectivity index (χ1n) is 16.0. The van der Waals surface area contributed by atoms with E-state index in [0.717, 1.165) is 22.7 Å². The van der Waals surface area contributed by atoms with Crippen molar-refractivity contribution >= 4 is 39.7 Å². The van der Waals surface area contributed by atoms with Crippen molar-refractivity contribution in [1.29, 1.82) is 0 Å². The number of Topliss-reactive ketones (excluding diaryl/α,β-unsaturated/α-hetero) is 1. The Kier molecular flexibility index (Phi) is 10.8. The smallest absolute Gasteiger partial charge is 0.253 e. The number of rotatable bonds is 8. The summed E-state index contributed by atoms with van der Waals surface area (Å²) in [5, 5.41) is 21.5. The van der Waals surface area contributed by atoms with Crippen molar-refractivity contribution in [2.75, 3.05) is 42.3 Å². The van der Waals surface area contributed by atoms with Crippen LogP contribution in [0.3, 0.4) is 0 Å². The SMILES string of the molecule is Cc1ccccc1C(=O)CCc1c(C(=O)N(C)C)cc2c(nc(C)n2C)c1O.Cc1nc2c(O)c(CN(C)C)c(C(=O)N(C)C)cc2n1C. The highest BCUT2D eigenvalue weighted by molar-refractivity contribution is 6.03. The largest absolute Gasteiger partial charge is 0.505 e. The second-order valence-electron chi connectivity index (χ2n) is 13.0. The maximum Gasteiger partial charge on any atom is 0.253 e. The van der Waals surface area contributed by atoms with E-state index in [1.807, 2.05) is 87.3 Å². The molecule has 0 saturated heterocycles. The Labute approximate surface area is 287 Å². The number of aromatic hydroxyl groups is 2. The van der Waals surface area contributed by atoms with Gasteiger partial charge in [0.05, 0.1) is 11.0 Å². The minimum Gasteiger partial charge on any atom is -0.505 e. The minimum atomic E-state index is -0.214. The van der Waals surface area contributed by atoms with Crippen LogP contribution in [-0.4, -0.2) is 104 Å². The van der Waals surface area contributed by atoms with Gasteiger partial charge in [-0.25, -0.2) is 9.97 Å². The van der Waals surface area contributed by atoms with Gasteiger partial charge in [-0.05, 0) is 59.0 Å². The number of phenols is 2. The van der Waals surface area contributed by atoms with E-state index in [9.17, 15) is 24.6 Å². The van der Waals surface area contributed by atoms with Gasteiger partial charge >= 0.3 is 0 Å². The quantitative estimate of drug-likeness (QED) is 0.226. The molecule has 0 aliphatic heterocycles. The number of carbonyl (C=O) groups excluding carboxylic acids is 3. The fourth-order valence-corrected chi connectivity index (χ4v) is 5.77. The molecule has 2 amide bonds. The number of hydrogen-bond acceptors (Lipinski definition) is 8. The maximum atomic E-state index is 12.7. The summed E-state index contributed by atoms with van der Waals surface area (Å²) in [7, 11) is 14.3. The van der Waals surface area contributed by atoms with Crippen LogP contribution in [0.15, 0.2) is 36.4 Å². The standard InChI is InChI=1S/C22H25N3O3.C15H22N4O2/c1-13-8-6-7-9-15(13)19(26)11-10-16-17(22(28)24(3)4)12-18-20(21(16)27)23-14(2)25(18)5;1-9-16-13-12(19(9)6)7-10(15(21)18(4)5)11(14(13)20)8-17(2)3/h6-9,12,27H,10-11H2,1-5H3;7,20H,8H2,1-6H3. The molecule has 2 aromatic heterocycles. The lowest BCUT2D eigenvalue weighted by molar-refractivity contribution is 0.0818. The number of phenolic OH excluding ortho intramolecular Hbond substituents is 2. The monoisotopic (exact) mass is 669 g/mol. The van der Waals surface area contributed by atoms with Gasteiger partial charge in [-0.1, -0.05) is 24.3 Å². The van der Waals surface area contributed by atoms with Gasteiger partial charge in [-0.15, -0.1) is 0 Å². The molecule has 0 saturated carbocycles. The Hall–Kier alpha value is -5.23. The summed E-state index contributed by atoms with van der Waals surface area (Å²) < 4.78 is 3.71. The predicted octanol–water partition coefficient (Wildman–Crippen LogP) is 4.76. The molecule has 0 unspecified atom stereocenters. The number of amides is 2. The molecule has 0 radical (unpaired) electrons. The lowest BCUT2D eigenvalue weighted by Crippen LogP contribution is -2.24. The molecule has 12 nitrogen and oxygen atoms in total. The van der Waals surface area contributed by atoms with Crippen molar-refractivity contribution in [2.24, 2.45) is 14.1 Å². The van der Waals surface area contributed by atoms with Crippen LogP contribution in [0, 0.1) is 20.8 Å². The van der Waals surface area contributed by atoms with Gasteiger partial charge < -0.3 is 34.0 Å². The summed E-state index contributed by atoms with van der Waals surface area (Å²) in [6.45, 7) is 6.09. The van der Waals surface area contributed by atoms with Crippen molar-refractivity contribution in [2.45, 2.75) is 40.2 Å². The fourth-order valence-electron chi connectivity index (χ4n) is 5.77. The molecule has 0 aliphatic carbocycles. The molecule has 0 fully saturated rings. The molecule has 2 N–H and O–H groups in total. The molecule has 5 rings (SSSR count). The average molecular weight is 670 g/mol. The molecule has 0 spiro atoms. The summed E-state index contributed by atoms with van der Waals surface area (Å²) in [4.78, 5) is 51.6. The van der Waals surface area contributed by atoms with Crippen molar-refractivity contribution in [3.63, 3.8) is 0 Å². The van der Waals surface area contributed by atoms with Crippen molar-refractivity contribution in [3.05, 3.63) is 81.4 Å². The zero-order chi connectivity index (χ0) is 36.5. The highest BCUT2D eigenvalue weighted by Gasteiger charge is 2.24. The van der Waals surface area contributed by atoms with E-state index >= 15 is 0 Å². The van der Waals surface area contributed by atoms with Crippen molar-refractivity contribution < 1.29 is 24.6 Å². The summed E-state index contributed by atoms with van der Waals surface area (Å²) in [5.74, 6) is 1.25. The first-order chi connectivity index (χ1) is 23.0. The van der Waals surface area contributed by atoms with Gasteiger partial charge in [0.2, 0.25) is 0 Å². The van der Waals surface area contributed by atoms with Crippen LogP contribution in [0.1, 0.15) is 65.8 Å². The topological polar surface area (TPSA) is 137 Å². The molecular weight excluding hydrogens is 622 g/mol. The normalized spacial score (nSPS) is 11.2. The summed E-state index contributed by atoms with van der Waals surface area (Å²) in [5.41, 5.74) is 6.02. The number of aryl methyl sites for hydroxylation is 5. The van der Waals surface area contributed by atoms with Gasteiger partial charge in [0.15, 0.2) is 5.78 Å². The number of ketones is 1. The average Bonchev–Trinajstić information content (AvgIpc) is 3.50. The van der Waals surface area contributed by atoms with E-state index in [0.29, 0.717) is 50.9 Å². The summed E-state index contributed by atoms with van der Waals surface area (Å²) in [6.07, 6.45) is 0.461. The zero-order valence-electron chi connectivity index (χ0n) is 30.3. The Morgan fingerprint density at radius 2 is 1.14 bits per heavy atom. The van der Waals surface area contributed by atoms with Gasteiger partial charge in [0, 0.05) is 83.1 Å². The molecule has 0 bridgehead atoms. The second kappa shape index (κ2) is 14.5. The number of nitrogens with zero attached hydrogens (tertiary/aromatic N) is 7. The molecule has 2 heterocycles. The van der Waals surface area contributed by atoms with Crippen LogP contribution in [0.4, 0.5) is 0 Å². The lowest BCUT2D eigenvalue weighted by atomic mass is 9.95. The van der Waals surface area contributed by atoms with Crippen LogP contribution in [-0.2, 0) is 27.1 Å². The molecule has 0 atom stereocenters. The van der Waals surface area contributed by atoms with Crippen LogP contribution >= 0.6 is 0 Å². The highest BCUT2D eigenvalue weighted by atomic mass is 16.3. The Balaban J connectivity index is 0.000000230. The van der Waals surface area contributed by atoms with Crippen molar-refractivity contribution in [3.8, 4) is 11.5 Å². The van der Waals surface area contributed by atoms with E-state index < -0.39 is 0 Å². The number of carbonyl (C=O) groups is 3. The molecule has 5 aromatic rings. The van der Waals surface area contributed by atoms with Crippen LogP contribution in [0.5, 0.6) is 11.5 Å². The number of fused-ring (bicyclic) bond motifs is 2. The molecule has 3 aromatic carbocycles. The third kappa shape index (κ3) is 7.29. The summed E-state index contributed by atoms with van der Waals surface area (Å²) in [6, 6.07) is 11.0. The minimum absolute atomic E-state index is 0.0157. The van der Waals surface area contributed by atoms with Gasteiger partial charge in [-0.3, -0.25) is 14.4 Å².